The second kappa shape index (κ2) is 13.6. The topological polar surface area (TPSA) is 83.2 Å². The molecular weight excluding hydrogens is 481 g/mol. The van der Waals surface area contributed by atoms with E-state index in [1.54, 1.807) is 7.11 Å². The Morgan fingerprint density at radius 1 is 1.28 bits per heavy atom. The van der Waals surface area contributed by atoms with Crippen molar-refractivity contribution in [3.63, 3.8) is 0 Å². The minimum atomic E-state index is -0.144. The number of amides is 1. The molecular formula is C21H36IN5O2. The van der Waals surface area contributed by atoms with Crippen LogP contribution in [-0.2, 0) is 11.3 Å². The maximum Gasteiger partial charge on any atom is 0.220 e. The SMILES string of the molecule is CN=C(NCCCCN1CCC(C(N)=O)CC1)N(C)Cc1ccc(OC)cc1.I. The molecule has 0 atom stereocenters. The van der Waals surface area contributed by atoms with Gasteiger partial charge in [-0.1, -0.05) is 12.1 Å². The number of carbonyl (C=O) groups excluding carboxylic acids is 1. The fourth-order valence-electron chi connectivity index (χ4n) is 3.57. The van der Waals surface area contributed by atoms with E-state index in [0.29, 0.717) is 0 Å². The Hall–Kier alpha value is -1.55. The Morgan fingerprint density at radius 3 is 2.48 bits per heavy atom. The molecule has 2 rings (SSSR count). The molecule has 1 amide bonds. The van der Waals surface area contributed by atoms with Crippen molar-refractivity contribution in [1.82, 2.24) is 15.1 Å². The first-order valence-corrected chi connectivity index (χ1v) is 10.1. The number of methoxy groups -OCH3 is 1. The molecule has 0 unspecified atom stereocenters. The standard InChI is InChI=1S/C21H35N5O2.HI/c1-23-21(25(2)16-17-6-8-19(28-3)9-7-17)24-12-4-5-13-26-14-10-18(11-15-26)20(22)27;/h6-9,18H,4-5,10-16H2,1-3H3,(H2,22,27)(H,23,24);1H. The number of nitrogens with zero attached hydrogens (tertiary/aromatic N) is 3. The van der Waals surface area contributed by atoms with Crippen molar-refractivity contribution >= 4 is 35.8 Å². The predicted molar refractivity (Wildman–Crippen MR) is 129 cm³/mol. The van der Waals surface area contributed by atoms with Gasteiger partial charge >= 0.3 is 0 Å². The zero-order valence-corrected chi connectivity index (χ0v) is 20.2. The fourth-order valence-corrected chi connectivity index (χ4v) is 3.57. The molecule has 0 spiro atoms. The molecule has 29 heavy (non-hydrogen) atoms. The molecule has 1 heterocycles. The highest BCUT2D eigenvalue weighted by molar-refractivity contribution is 14.0. The minimum absolute atomic E-state index is 0. The second-order valence-corrected chi connectivity index (χ2v) is 7.40. The molecule has 0 saturated carbocycles. The highest BCUT2D eigenvalue weighted by Gasteiger charge is 2.22. The molecule has 0 aliphatic carbocycles. The smallest absolute Gasteiger partial charge is 0.220 e. The number of aliphatic imine (C=N–C) groups is 1. The number of unbranched alkanes of at least 4 members (excludes halogenated alkanes) is 1. The number of rotatable bonds is 9. The lowest BCUT2D eigenvalue weighted by atomic mass is 9.96. The Balaban J connectivity index is 0.00000420. The van der Waals surface area contributed by atoms with Crippen LogP contribution in [0.5, 0.6) is 5.75 Å². The summed E-state index contributed by atoms with van der Waals surface area (Å²) < 4.78 is 5.20. The molecule has 1 aliphatic rings. The van der Waals surface area contributed by atoms with Crippen LogP contribution in [0.15, 0.2) is 29.3 Å². The van der Waals surface area contributed by atoms with Crippen LogP contribution in [-0.4, -0.2) is 69.1 Å². The number of hydrogen-bond acceptors (Lipinski definition) is 4. The molecule has 7 nitrogen and oxygen atoms in total. The van der Waals surface area contributed by atoms with Gasteiger partial charge < -0.3 is 25.6 Å². The third kappa shape index (κ3) is 8.77. The molecule has 1 aliphatic heterocycles. The summed E-state index contributed by atoms with van der Waals surface area (Å²) in [5.41, 5.74) is 6.61. The van der Waals surface area contributed by atoms with E-state index in [1.807, 2.05) is 26.2 Å². The zero-order valence-electron chi connectivity index (χ0n) is 17.9. The van der Waals surface area contributed by atoms with Crippen LogP contribution in [0.25, 0.3) is 0 Å². The number of piperidine rings is 1. The van der Waals surface area contributed by atoms with Gasteiger partial charge in [0.15, 0.2) is 5.96 Å². The fraction of sp³-hybridized carbons (Fsp3) is 0.619. The number of likely N-dealkylation sites (tertiary alicyclic amines) is 1. The number of carbonyl (C=O) groups is 1. The first kappa shape index (κ1) is 25.5. The van der Waals surface area contributed by atoms with E-state index in [0.717, 1.165) is 70.1 Å². The minimum Gasteiger partial charge on any atom is -0.497 e. The van der Waals surface area contributed by atoms with Crippen molar-refractivity contribution < 1.29 is 9.53 Å². The van der Waals surface area contributed by atoms with Crippen LogP contribution in [0.1, 0.15) is 31.2 Å². The second-order valence-electron chi connectivity index (χ2n) is 7.40. The Labute approximate surface area is 192 Å². The molecule has 1 aromatic rings. The summed E-state index contributed by atoms with van der Waals surface area (Å²) in [4.78, 5) is 20.2. The summed E-state index contributed by atoms with van der Waals surface area (Å²) in [5, 5.41) is 3.44. The highest BCUT2D eigenvalue weighted by atomic mass is 127. The lowest BCUT2D eigenvalue weighted by molar-refractivity contribution is -0.123. The molecule has 1 saturated heterocycles. The van der Waals surface area contributed by atoms with Crippen LogP contribution < -0.4 is 15.8 Å². The summed E-state index contributed by atoms with van der Waals surface area (Å²) in [6.45, 7) is 4.73. The summed E-state index contributed by atoms with van der Waals surface area (Å²) >= 11 is 0. The van der Waals surface area contributed by atoms with E-state index in [1.165, 1.54) is 5.56 Å². The molecule has 0 radical (unpaired) electrons. The number of guanidine groups is 1. The van der Waals surface area contributed by atoms with Crippen molar-refractivity contribution in [2.75, 3.05) is 47.4 Å². The van der Waals surface area contributed by atoms with Crippen molar-refractivity contribution in [1.29, 1.82) is 0 Å². The summed E-state index contributed by atoms with van der Waals surface area (Å²) in [6, 6.07) is 8.10. The van der Waals surface area contributed by atoms with Gasteiger partial charge in [0.2, 0.25) is 5.91 Å². The van der Waals surface area contributed by atoms with Gasteiger partial charge in [0, 0.05) is 33.1 Å². The molecule has 3 N–H and O–H groups in total. The van der Waals surface area contributed by atoms with Gasteiger partial charge in [0.25, 0.3) is 0 Å². The van der Waals surface area contributed by atoms with Gasteiger partial charge in [0.1, 0.15) is 5.75 Å². The van der Waals surface area contributed by atoms with E-state index >= 15 is 0 Å². The highest BCUT2D eigenvalue weighted by Crippen LogP contribution is 2.17. The normalized spacial score (nSPS) is 15.5. The van der Waals surface area contributed by atoms with Crippen molar-refractivity contribution in [3.8, 4) is 5.75 Å². The van der Waals surface area contributed by atoms with E-state index in [9.17, 15) is 4.79 Å². The van der Waals surface area contributed by atoms with Crippen LogP contribution in [0.2, 0.25) is 0 Å². The van der Waals surface area contributed by atoms with Gasteiger partial charge in [-0.15, -0.1) is 24.0 Å². The summed E-state index contributed by atoms with van der Waals surface area (Å²) in [6.07, 6.45) is 4.02. The van der Waals surface area contributed by atoms with Crippen LogP contribution in [0.3, 0.4) is 0 Å². The van der Waals surface area contributed by atoms with E-state index in [4.69, 9.17) is 10.5 Å². The van der Waals surface area contributed by atoms with Crippen LogP contribution >= 0.6 is 24.0 Å². The monoisotopic (exact) mass is 517 g/mol. The summed E-state index contributed by atoms with van der Waals surface area (Å²) in [5.74, 6) is 1.70. The molecule has 0 bridgehead atoms. The molecule has 8 heteroatoms. The first-order valence-electron chi connectivity index (χ1n) is 10.1. The van der Waals surface area contributed by atoms with E-state index in [2.05, 4.69) is 32.2 Å². The van der Waals surface area contributed by atoms with Crippen LogP contribution in [0.4, 0.5) is 0 Å². The number of nitrogens with two attached hydrogens (primary N) is 1. The quantitative estimate of drug-likeness (QED) is 0.227. The maximum absolute atomic E-state index is 11.2. The Morgan fingerprint density at radius 2 is 1.93 bits per heavy atom. The maximum atomic E-state index is 11.2. The Kier molecular flexibility index (Phi) is 12.0. The van der Waals surface area contributed by atoms with E-state index in [-0.39, 0.29) is 35.8 Å². The number of nitrogens with one attached hydrogen (secondary N) is 1. The number of hydrogen-bond donors (Lipinski definition) is 2. The molecule has 164 valence electrons. The average molecular weight is 517 g/mol. The number of primary amides is 1. The molecule has 1 fully saturated rings. The Bertz CT molecular complexity index is 630. The third-order valence-corrected chi connectivity index (χ3v) is 5.33. The lowest BCUT2D eigenvalue weighted by Gasteiger charge is -2.30. The predicted octanol–water partition coefficient (Wildman–Crippen LogP) is 2.30. The third-order valence-electron chi connectivity index (χ3n) is 5.33. The molecule has 1 aromatic carbocycles. The first-order chi connectivity index (χ1) is 13.5. The van der Waals surface area contributed by atoms with Gasteiger partial charge in [0.05, 0.1) is 7.11 Å². The number of halogens is 1. The zero-order chi connectivity index (χ0) is 20.4. The largest absolute Gasteiger partial charge is 0.497 e. The van der Waals surface area contributed by atoms with Gasteiger partial charge in [-0.2, -0.15) is 0 Å². The van der Waals surface area contributed by atoms with Crippen molar-refractivity contribution in [3.05, 3.63) is 29.8 Å². The lowest BCUT2D eigenvalue weighted by Crippen LogP contribution is -2.40. The van der Waals surface area contributed by atoms with E-state index < -0.39 is 0 Å². The van der Waals surface area contributed by atoms with Crippen LogP contribution in [0, 0.1) is 5.92 Å². The number of benzene rings is 1. The van der Waals surface area contributed by atoms with Gasteiger partial charge in [-0.3, -0.25) is 9.79 Å². The summed E-state index contributed by atoms with van der Waals surface area (Å²) in [7, 11) is 5.54. The molecule has 0 aromatic heterocycles. The van der Waals surface area contributed by atoms with Gasteiger partial charge in [-0.05, 0) is 63.0 Å². The van der Waals surface area contributed by atoms with Gasteiger partial charge in [-0.25, -0.2) is 0 Å². The number of ether oxygens (including phenoxy) is 1. The van der Waals surface area contributed by atoms with Crippen molar-refractivity contribution in [2.45, 2.75) is 32.2 Å². The van der Waals surface area contributed by atoms with Crippen molar-refractivity contribution in [2.24, 2.45) is 16.6 Å². The average Bonchev–Trinajstić information content (AvgIpc) is 2.71.